The van der Waals surface area contributed by atoms with Crippen LogP contribution in [0.3, 0.4) is 0 Å². The second-order valence-corrected chi connectivity index (χ2v) is 5.11. The van der Waals surface area contributed by atoms with Crippen LogP contribution in [-0.2, 0) is 6.54 Å². The molecular formula is C12H11ClN2O2S. The number of nitrogens with one attached hydrogen (secondary N) is 1. The number of aromatic carboxylic acids is 1. The maximum absolute atomic E-state index is 10.8. The van der Waals surface area contributed by atoms with Crippen LogP contribution in [0.4, 0.5) is 5.69 Å². The summed E-state index contributed by atoms with van der Waals surface area (Å²) in [7, 11) is 0. The quantitative estimate of drug-likeness (QED) is 0.844. The summed E-state index contributed by atoms with van der Waals surface area (Å²) in [6.45, 7) is 2.47. The van der Waals surface area contributed by atoms with E-state index in [4.69, 9.17) is 16.7 Å². The average Bonchev–Trinajstić information content (AvgIpc) is 2.77. The summed E-state index contributed by atoms with van der Waals surface area (Å²) >= 11 is 7.39. The molecule has 0 saturated heterocycles. The molecule has 0 saturated carbocycles. The van der Waals surface area contributed by atoms with Crippen LogP contribution in [-0.4, -0.2) is 16.1 Å². The summed E-state index contributed by atoms with van der Waals surface area (Å²) < 4.78 is 0. The maximum Gasteiger partial charge on any atom is 0.336 e. The normalized spacial score (nSPS) is 10.3. The van der Waals surface area contributed by atoms with Crippen LogP contribution in [0.5, 0.6) is 0 Å². The Morgan fingerprint density at radius 2 is 2.39 bits per heavy atom. The number of carboxylic acid groups (broad SMARTS) is 1. The van der Waals surface area contributed by atoms with Crippen LogP contribution in [0.15, 0.2) is 23.7 Å². The van der Waals surface area contributed by atoms with Gasteiger partial charge >= 0.3 is 5.97 Å². The number of carbonyl (C=O) groups is 1. The molecule has 0 fully saturated rings. The van der Waals surface area contributed by atoms with Gasteiger partial charge < -0.3 is 10.4 Å². The molecular weight excluding hydrogens is 272 g/mol. The molecule has 2 heterocycles. The third-order valence-electron chi connectivity index (χ3n) is 2.45. The molecule has 0 aliphatic carbocycles. The van der Waals surface area contributed by atoms with Gasteiger partial charge in [-0.2, -0.15) is 0 Å². The Kier molecular flexibility index (Phi) is 3.84. The number of rotatable bonds is 4. The number of pyridine rings is 1. The molecule has 18 heavy (non-hydrogen) atoms. The van der Waals surface area contributed by atoms with Crippen LogP contribution >= 0.6 is 22.9 Å². The van der Waals surface area contributed by atoms with E-state index < -0.39 is 5.97 Å². The van der Waals surface area contributed by atoms with Gasteiger partial charge in [0.1, 0.15) is 0 Å². The van der Waals surface area contributed by atoms with E-state index in [0.29, 0.717) is 17.3 Å². The first kappa shape index (κ1) is 12.9. The minimum absolute atomic E-state index is 0.311. The van der Waals surface area contributed by atoms with Gasteiger partial charge in [-0.25, -0.2) is 9.78 Å². The van der Waals surface area contributed by atoms with E-state index in [9.17, 15) is 4.79 Å². The second-order valence-electron chi connectivity index (χ2n) is 3.75. The van der Waals surface area contributed by atoms with Gasteiger partial charge in [0.25, 0.3) is 0 Å². The number of hydrogen-bond donors (Lipinski definition) is 2. The Balaban J connectivity index is 2.09. The summed E-state index contributed by atoms with van der Waals surface area (Å²) in [4.78, 5) is 15.7. The summed E-state index contributed by atoms with van der Waals surface area (Å²) in [6, 6.07) is 3.52. The van der Waals surface area contributed by atoms with Crippen molar-refractivity contribution in [2.45, 2.75) is 13.5 Å². The Morgan fingerprint density at radius 1 is 1.61 bits per heavy atom. The smallest absolute Gasteiger partial charge is 0.336 e. The van der Waals surface area contributed by atoms with E-state index in [1.54, 1.807) is 17.6 Å². The molecule has 0 radical (unpaired) electrons. The molecule has 0 atom stereocenters. The van der Waals surface area contributed by atoms with E-state index in [1.165, 1.54) is 11.3 Å². The van der Waals surface area contributed by atoms with Gasteiger partial charge in [0, 0.05) is 23.0 Å². The molecule has 0 aromatic carbocycles. The van der Waals surface area contributed by atoms with E-state index in [-0.39, 0.29) is 0 Å². The minimum Gasteiger partial charge on any atom is -0.478 e. The van der Waals surface area contributed by atoms with Crippen LogP contribution < -0.4 is 5.32 Å². The Hall–Kier alpha value is -1.59. The van der Waals surface area contributed by atoms with Crippen molar-refractivity contribution in [1.29, 1.82) is 0 Å². The van der Waals surface area contributed by atoms with Gasteiger partial charge in [0.15, 0.2) is 5.15 Å². The highest BCUT2D eigenvalue weighted by atomic mass is 35.5. The number of aromatic nitrogens is 1. The summed E-state index contributed by atoms with van der Waals surface area (Å²) in [5.74, 6) is -0.909. The molecule has 0 aliphatic rings. The monoisotopic (exact) mass is 282 g/mol. The summed E-state index contributed by atoms with van der Waals surface area (Å²) in [5, 5.41) is 14.0. The zero-order valence-electron chi connectivity index (χ0n) is 9.61. The van der Waals surface area contributed by atoms with Crippen LogP contribution in [0.1, 0.15) is 20.8 Å². The molecule has 0 unspecified atom stereocenters. The fourth-order valence-electron chi connectivity index (χ4n) is 1.50. The molecule has 0 bridgehead atoms. The number of aryl methyl sites for hydroxylation is 1. The molecule has 94 valence electrons. The molecule has 0 aliphatic heterocycles. The highest BCUT2D eigenvalue weighted by molar-refractivity contribution is 7.10. The molecule has 4 nitrogen and oxygen atoms in total. The van der Waals surface area contributed by atoms with Crippen LogP contribution in [0, 0.1) is 6.92 Å². The fraction of sp³-hybridized carbons (Fsp3) is 0.167. The first-order valence-corrected chi connectivity index (χ1v) is 6.49. The lowest BCUT2D eigenvalue weighted by molar-refractivity contribution is 0.0697. The van der Waals surface area contributed by atoms with Crippen molar-refractivity contribution in [3.8, 4) is 0 Å². The van der Waals surface area contributed by atoms with Crippen LogP contribution in [0.2, 0.25) is 5.15 Å². The minimum atomic E-state index is -0.909. The van der Waals surface area contributed by atoms with Crippen molar-refractivity contribution in [2.24, 2.45) is 0 Å². The van der Waals surface area contributed by atoms with E-state index in [2.05, 4.69) is 10.3 Å². The number of carboxylic acids is 1. The van der Waals surface area contributed by atoms with Gasteiger partial charge in [0.05, 0.1) is 11.3 Å². The van der Waals surface area contributed by atoms with Gasteiger partial charge in [-0.3, -0.25) is 0 Å². The predicted molar refractivity (Wildman–Crippen MR) is 72.6 cm³/mol. The van der Waals surface area contributed by atoms with E-state index >= 15 is 0 Å². The zero-order valence-corrected chi connectivity index (χ0v) is 11.2. The number of hydrogen-bond acceptors (Lipinski definition) is 4. The van der Waals surface area contributed by atoms with Crippen molar-refractivity contribution in [2.75, 3.05) is 5.32 Å². The molecule has 2 aromatic heterocycles. The van der Waals surface area contributed by atoms with E-state index in [0.717, 1.165) is 16.1 Å². The van der Waals surface area contributed by atoms with Gasteiger partial charge in [-0.15, -0.1) is 11.3 Å². The molecule has 2 aromatic rings. The van der Waals surface area contributed by atoms with Crippen molar-refractivity contribution in [1.82, 2.24) is 4.98 Å². The number of anilines is 1. The zero-order chi connectivity index (χ0) is 13.1. The summed E-state index contributed by atoms with van der Waals surface area (Å²) in [6.07, 6.45) is 1.65. The topological polar surface area (TPSA) is 62.2 Å². The highest BCUT2D eigenvalue weighted by Crippen LogP contribution is 2.24. The van der Waals surface area contributed by atoms with Gasteiger partial charge in [-0.05, 0) is 24.6 Å². The second kappa shape index (κ2) is 5.37. The fourth-order valence-corrected chi connectivity index (χ4v) is 2.57. The van der Waals surface area contributed by atoms with Crippen LogP contribution in [0.25, 0.3) is 0 Å². The maximum atomic E-state index is 10.8. The Morgan fingerprint density at radius 3 is 3.00 bits per heavy atom. The lowest BCUT2D eigenvalue weighted by Gasteiger charge is -2.09. The first-order chi connectivity index (χ1) is 8.58. The SMILES string of the molecule is Cc1ccnc(Cl)c1NCc1cc(C(=O)O)cs1. The summed E-state index contributed by atoms with van der Waals surface area (Å²) in [5.41, 5.74) is 2.10. The van der Waals surface area contributed by atoms with Gasteiger partial charge in [-0.1, -0.05) is 11.6 Å². The standard InChI is InChI=1S/C12H11ClN2O2S/c1-7-2-3-14-11(13)10(7)15-5-9-4-8(6-18-9)12(16)17/h2-4,6,15H,5H2,1H3,(H,16,17). The third kappa shape index (κ3) is 2.80. The van der Waals surface area contributed by atoms with Crippen molar-refractivity contribution >= 4 is 34.6 Å². The number of halogens is 1. The first-order valence-electron chi connectivity index (χ1n) is 5.23. The van der Waals surface area contributed by atoms with Gasteiger partial charge in [0.2, 0.25) is 0 Å². The molecule has 2 N–H and O–H groups in total. The van der Waals surface area contributed by atoms with Crippen molar-refractivity contribution in [3.63, 3.8) is 0 Å². The van der Waals surface area contributed by atoms with Crippen molar-refractivity contribution in [3.05, 3.63) is 44.9 Å². The van der Waals surface area contributed by atoms with E-state index in [1.807, 2.05) is 13.0 Å². The lowest BCUT2D eigenvalue weighted by atomic mass is 10.2. The number of nitrogens with zero attached hydrogens (tertiary/aromatic N) is 1. The molecule has 0 spiro atoms. The molecule has 0 amide bonds. The molecule has 2 rings (SSSR count). The Bertz CT molecular complexity index is 563. The average molecular weight is 283 g/mol. The Labute approximate surface area is 113 Å². The number of thiophene rings is 1. The lowest BCUT2D eigenvalue weighted by Crippen LogP contribution is -2.01. The molecule has 6 heteroatoms. The van der Waals surface area contributed by atoms with Crippen molar-refractivity contribution < 1.29 is 9.90 Å². The third-order valence-corrected chi connectivity index (χ3v) is 3.68. The highest BCUT2D eigenvalue weighted by Gasteiger charge is 2.08. The predicted octanol–water partition coefficient (Wildman–Crippen LogP) is 3.42. The largest absolute Gasteiger partial charge is 0.478 e.